The molecule has 2 aliphatic rings. The topological polar surface area (TPSA) is 76.1 Å². The molecule has 0 aliphatic carbocycles. The van der Waals surface area contributed by atoms with Crippen molar-refractivity contribution < 1.29 is 24.2 Å². The Morgan fingerprint density at radius 3 is 2.54 bits per heavy atom. The maximum atomic E-state index is 12.5. The Morgan fingerprint density at radius 2 is 1.81 bits per heavy atom. The number of likely N-dealkylation sites (N-methyl/N-ethyl adjacent to an activating group) is 1. The maximum absolute atomic E-state index is 12.5. The molecule has 2 aromatic carbocycles. The number of rotatable bonds is 2. The summed E-state index contributed by atoms with van der Waals surface area (Å²) in [7, 11) is 1.53. The first kappa shape index (κ1) is 16.5. The number of hydrogen-bond acceptors (Lipinski definition) is 5. The lowest BCUT2D eigenvalue weighted by molar-refractivity contribution is -0.139. The second-order valence-electron chi connectivity index (χ2n) is 6.03. The Kier molecular flexibility index (Phi) is 3.85. The van der Waals surface area contributed by atoms with Crippen molar-refractivity contribution in [3.63, 3.8) is 0 Å². The van der Waals surface area contributed by atoms with Gasteiger partial charge in [-0.15, -0.1) is 0 Å². The van der Waals surface area contributed by atoms with E-state index in [0.29, 0.717) is 27.6 Å². The minimum absolute atomic E-state index is 0.0266. The number of carbonyl (C=O) groups excluding carboxylic acids is 2. The summed E-state index contributed by atoms with van der Waals surface area (Å²) < 4.78 is 10.6. The Morgan fingerprint density at radius 1 is 1.12 bits per heavy atom. The third-order valence-electron chi connectivity index (χ3n) is 4.51. The van der Waals surface area contributed by atoms with Crippen molar-refractivity contribution in [2.24, 2.45) is 0 Å². The first-order valence-electron chi connectivity index (χ1n) is 7.87. The summed E-state index contributed by atoms with van der Waals surface area (Å²) >= 11 is 5.93. The average Bonchev–Trinajstić information content (AvgIpc) is 3.20. The van der Waals surface area contributed by atoms with Crippen molar-refractivity contribution in [1.82, 2.24) is 4.90 Å². The van der Waals surface area contributed by atoms with Crippen LogP contribution in [0.25, 0.3) is 5.76 Å². The number of nitrogens with zero attached hydrogens (tertiary/aromatic N) is 1. The van der Waals surface area contributed by atoms with E-state index in [0.717, 1.165) is 0 Å². The lowest BCUT2D eigenvalue weighted by Crippen LogP contribution is -2.24. The molecule has 2 aliphatic heterocycles. The Hall–Kier alpha value is -2.99. The molecule has 4 rings (SSSR count). The first-order valence-corrected chi connectivity index (χ1v) is 8.25. The Labute approximate surface area is 154 Å². The minimum atomic E-state index is -0.734. The van der Waals surface area contributed by atoms with Gasteiger partial charge >= 0.3 is 0 Å². The number of ketones is 1. The van der Waals surface area contributed by atoms with Crippen molar-refractivity contribution in [3.05, 3.63) is 64.2 Å². The molecule has 1 fully saturated rings. The molecule has 0 spiro atoms. The van der Waals surface area contributed by atoms with Gasteiger partial charge in [0.1, 0.15) is 5.76 Å². The first-order chi connectivity index (χ1) is 12.5. The lowest BCUT2D eigenvalue weighted by Gasteiger charge is -2.21. The molecule has 1 N–H and O–H groups in total. The van der Waals surface area contributed by atoms with Gasteiger partial charge in [-0.05, 0) is 35.9 Å². The van der Waals surface area contributed by atoms with E-state index in [1.54, 1.807) is 42.5 Å². The van der Waals surface area contributed by atoms with Crippen LogP contribution < -0.4 is 9.47 Å². The summed E-state index contributed by atoms with van der Waals surface area (Å²) in [5.74, 6) is -0.629. The predicted octanol–water partition coefficient (Wildman–Crippen LogP) is 3.12. The van der Waals surface area contributed by atoms with E-state index in [4.69, 9.17) is 21.1 Å². The molecule has 0 radical (unpaired) electrons. The summed E-state index contributed by atoms with van der Waals surface area (Å²) in [6.07, 6.45) is 0. The number of likely N-dealkylation sites (tertiary alicyclic amines) is 1. The molecular weight excluding hydrogens is 358 g/mol. The van der Waals surface area contributed by atoms with Crippen LogP contribution in [-0.2, 0) is 9.59 Å². The summed E-state index contributed by atoms with van der Waals surface area (Å²) in [5.41, 5.74) is 1.08. The average molecular weight is 372 g/mol. The molecule has 1 atom stereocenters. The fraction of sp³-hybridized carbons (Fsp3) is 0.158. The van der Waals surface area contributed by atoms with Crippen molar-refractivity contribution in [2.45, 2.75) is 6.04 Å². The van der Waals surface area contributed by atoms with Gasteiger partial charge in [-0.1, -0.05) is 23.7 Å². The number of Topliss-reactive ketones (excluding diaryl/α,β-unsaturated/α-hetero) is 1. The van der Waals surface area contributed by atoms with Crippen molar-refractivity contribution in [3.8, 4) is 11.5 Å². The summed E-state index contributed by atoms with van der Waals surface area (Å²) in [6, 6.07) is 10.9. The van der Waals surface area contributed by atoms with E-state index >= 15 is 0 Å². The smallest absolute Gasteiger partial charge is 0.295 e. The van der Waals surface area contributed by atoms with Gasteiger partial charge < -0.3 is 19.5 Å². The number of aliphatic hydroxyl groups is 1. The third-order valence-corrected chi connectivity index (χ3v) is 4.76. The number of carbonyl (C=O) groups is 2. The summed E-state index contributed by atoms with van der Waals surface area (Å²) in [6.45, 7) is 0.101. The second-order valence-corrected chi connectivity index (χ2v) is 6.47. The molecule has 2 aromatic rings. The van der Waals surface area contributed by atoms with Gasteiger partial charge in [0.2, 0.25) is 6.79 Å². The van der Waals surface area contributed by atoms with Crippen molar-refractivity contribution >= 4 is 29.1 Å². The van der Waals surface area contributed by atoms with Crippen LogP contribution in [-0.4, -0.2) is 35.5 Å². The molecule has 0 aromatic heterocycles. The predicted molar refractivity (Wildman–Crippen MR) is 94.1 cm³/mol. The number of hydrogen-bond donors (Lipinski definition) is 1. The number of ether oxygens (including phenoxy) is 2. The van der Waals surface area contributed by atoms with Crippen LogP contribution in [0.5, 0.6) is 11.5 Å². The van der Waals surface area contributed by atoms with Crippen LogP contribution in [0.1, 0.15) is 17.2 Å². The van der Waals surface area contributed by atoms with Crippen LogP contribution in [0.15, 0.2) is 48.0 Å². The monoisotopic (exact) mass is 371 g/mol. The summed E-state index contributed by atoms with van der Waals surface area (Å²) in [5, 5.41) is 11.3. The number of aliphatic hydroxyl groups excluding tert-OH is 1. The summed E-state index contributed by atoms with van der Waals surface area (Å²) in [4.78, 5) is 26.1. The number of halogens is 1. The maximum Gasteiger partial charge on any atom is 0.295 e. The van der Waals surface area contributed by atoms with Gasteiger partial charge in [0.15, 0.2) is 11.5 Å². The number of benzene rings is 2. The van der Waals surface area contributed by atoms with Crippen LogP contribution in [0.4, 0.5) is 0 Å². The SMILES string of the molecule is CN1C(=O)C(=O)/C(=C(/O)c2ccc3c(c2)OCO3)C1c1ccc(Cl)cc1. The quantitative estimate of drug-likeness (QED) is 0.498. The van der Waals surface area contributed by atoms with Crippen LogP contribution in [0.3, 0.4) is 0 Å². The highest BCUT2D eigenvalue weighted by atomic mass is 35.5. The van der Waals surface area contributed by atoms with Crippen LogP contribution in [0, 0.1) is 0 Å². The fourth-order valence-electron chi connectivity index (χ4n) is 3.18. The van der Waals surface area contributed by atoms with Gasteiger partial charge in [-0.2, -0.15) is 0 Å². The van der Waals surface area contributed by atoms with E-state index in [9.17, 15) is 14.7 Å². The highest BCUT2D eigenvalue weighted by Gasteiger charge is 2.44. The minimum Gasteiger partial charge on any atom is -0.507 e. The van der Waals surface area contributed by atoms with E-state index in [-0.39, 0.29) is 18.1 Å². The number of fused-ring (bicyclic) bond motifs is 1. The molecule has 0 bridgehead atoms. The van der Waals surface area contributed by atoms with Gasteiger partial charge in [0.25, 0.3) is 11.7 Å². The highest BCUT2D eigenvalue weighted by molar-refractivity contribution is 6.46. The molecule has 0 saturated carbocycles. The molecule has 132 valence electrons. The number of amides is 1. The van der Waals surface area contributed by atoms with E-state index in [2.05, 4.69) is 0 Å². The second kappa shape index (κ2) is 6.07. The van der Waals surface area contributed by atoms with Crippen LogP contribution >= 0.6 is 11.6 Å². The molecule has 7 heteroatoms. The van der Waals surface area contributed by atoms with E-state index in [1.807, 2.05) is 0 Å². The Bertz CT molecular complexity index is 951. The lowest BCUT2D eigenvalue weighted by atomic mass is 9.95. The molecular formula is C19H14ClNO5. The standard InChI is InChI=1S/C19H14ClNO5/c1-21-16(10-2-5-12(20)6-3-10)15(18(23)19(21)24)17(22)11-4-7-13-14(8-11)26-9-25-13/h2-8,16,22H,9H2,1H3/b17-15+. The Balaban J connectivity index is 1.85. The zero-order valence-corrected chi connectivity index (χ0v) is 14.5. The highest BCUT2D eigenvalue weighted by Crippen LogP contribution is 2.40. The normalized spacial score (nSPS) is 20.7. The molecule has 1 amide bonds. The molecule has 2 heterocycles. The van der Waals surface area contributed by atoms with Gasteiger partial charge in [-0.3, -0.25) is 9.59 Å². The van der Waals surface area contributed by atoms with Gasteiger partial charge in [0.05, 0.1) is 11.6 Å². The largest absolute Gasteiger partial charge is 0.507 e. The van der Waals surface area contributed by atoms with Gasteiger partial charge in [-0.25, -0.2) is 0 Å². The third kappa shape index (κ3) is 2.50. The van der Waals surface area contributed by atoms with Crippen molar-refractivity contribution in [2.75, 3.05) is 13.8 Å². The van der Waals surface area contributed by atoms with E-state index < -0.39 is 17.7 Å². The zero-order chi connectivity index (χ0) is 18.4. The van der Waals surface area contributed by atoms with E-state index in [1.165, 1.54) is 11.9 Å². The van der Waals surface area contributed by atoms with Crippen molar-refractivity contribution in [1.29, 1.82) is 0 Å². The molecule has 1 unspecified atom stereocenters. The molecule has 26 heavy (non-hydrogen) atoms. The molecule has 1 saturated heterocycles. The fourth-order valence-corrected chi connectivity index (χ4v) is 3.31. The molecule has 6 nitrogen and oxygen atoms in total. The zero-order valence-electron chi connectivity index (χ0n) is 13.7. The van der Waals surface area contributed by atoms with Crippen LogP contribution in [0.2, 0.25) is 5.02 Å². The van der Waals surface area contributed by atoms with Gasteiger partial charge in [0, 0.05) is 17.6 Å².